The maximum Gasteiger partial charge on any atom is 0.191 e. The van der Waals surface area contributed by atoms with Gasteiger partial charge in [-0.05, 0) is 31.4 Å². The van der Waals surface area contributed by atoms with Gasteiger partial charge in [0.15, 0.2) is 5.29 Å². The molecule has 0 amide bonds. The summed E-state index contributed by atoms with van der Waals surface area (Å²) in [7, 11) is 0. The Morgan fingerprint density at radius 2 is 2.50 bits per heavy atom. The van der Waals surface area contributed by atoms with Crippen molar-refractivity contribution in [2.24, 2.45) is 4.99 Å². The quantitative estimate of drug-likeness (QED) is 0.581. The highest BCUT2D eigenvalue weighted by Gasteiger charge is 2.16. The molecule has 0 bridgehead atoms. The zero-order chi connectivity index (χ0) is 7.56. The summed E-state index contributed by atoms with van der Waals surface area (Å²) in [5, 5.41) is 3.69. The van der Waals surface area contributed by atoms with Crippen LogP contribution in [0.5, 0.6) is 0 Å². The second-order valence-corrected chi connectivity index (χ2v) is 3.11. The van der Waals surface area contributed by atoms with Gasteiger partial charge in [0.05, 0.1) is 6.04 Å². The molecule has 0 saturated carbocycles. The Labute approximate surface area is 66.7 Å². The third-order valence-electron chi connectivity index (χ3n) is 1.78. The first-order valence-corrected chi connectivity index (χ1v) is 4.10. The van der Waals surface area contributed by atoms with E-state index in [4.69, 9.17) is 11.6 Å². The van der Waals surface area contributed by atoms with E-state index in [-0.39, 0.29) is 0 Å². The van der Waals surface area contributed by atoms with Gasteiger partial charge in [-0.3, -0.25) is 4.99 Å². The van der Waals surface area contributed by atoms with E-state index in [9.17, 15) is 0 Å². The number of hydrogen-bond donors (Lipinski definition) is 1. The normalized spacial score (nSPS) is 32.9. The molecule has 0 saturated heterocycles. The zero-order valence-electron chi connectivity index (χ0n) is 6.39. The van der Waals surface area contributed by atoms with Crippen LogP contribution in [0.1, 0.15) is 26.7 Å². The number of amidine groups is 1. The molecule has 0 spiro atoms. The van der Waals surface area contributed by atoms with Crippen LogP contribution in [-0.2, 0) is 0 Å². The van der Waals surface area contributed by atoms with Gasteiger partial charge in [0, 0.05) is 6.04 Å². The average molecular weight is 161 g/mol. The van der Waals surface area contributed by atoms with Crippen LogP contribution in [0.3, 0.4) is 0 Å². The molecular weight excluding hydrogens is 148 g/mol. The van der Waals surface area contributed by atoms with Crippen molar-refractivity contribution in [1.82, 2.24) is 5.32 Å². The van der Waals surface area contributed by atoms with Gasteiger partial charge < -0.3 is 5.32 Å². The minimum Gasteiger partial charge on any atom is -0.358 e. The molecule has 10 heavy (non-hydrogen) atoms. The number of aliphatic imine (C=N–C) groups is 1. The Kier molecular flexibility index (Phi) is 2.55. The largest absolute Gasteiger partial charge is 0.358 e. The van der Waals surface area contributed by atoms with Gasteiger partial charge in [-0.25, -0.2) is 0 Å². The van der Waals surface area contributed by atoms with Crippen molar-refractivity contribution in [1.29, 1.82) is 0 Å². The van der Waals surface area contributed by atoms with Crippen LogP contribution in [0, 0.1) is 0 Å². The highest BCUT2D eigenvalue weighted by molar-refractivity contribution is 6.64. The monoisotopic (exact) mass is 160 g/mol. The predicted octanol–water partition coefficient (Wildman–Crippen LogP) is 1.74. The van der Waals surface area contributed by atoms with Crippen molar-refractivity contribution in [3.05, 3.63) is 0 Å². The topological polar surface area (TPSA) is 24.4 Å². The molecule has 1 rings (SSSR count). The lowest BCUT2D eigenvalue weighted by Gasteiger charge is -2.24. The van der Waals surface area contributed by atoms with Crippen molar-refractivity contribution < 1.29 is 0 Å². The molecule has 1 N–H and O–H groups in total. The molecule has 0 aromatic carbocycles. The smallest absolute Gasteiger partial charge is 0.191 e. The van der Waals surface area contributed by atoms with E-state index in [1.54, 1.807) is 0 Å². The van der Waals surface area contributed by atoms with Gasteiger partial charge in [-0.1, -0.05) is 6.92 Å². The second kappa shape index (κ2) is 3.24. The summed E-state index contributed by atoms with van der Waals surface area (Å²) in [6.45, 7) is 4.24. The summed E-state index contributed by atoms with van der Waals surface area (Å²) in [4.78, 5) is 4.15. The lowest BCUT2D eigenvalue weighted by atomic mass is 10.1. The van der Waals surface area contributed by atoms with E-state index < -0.39 is 0 Å². The van der Waals surface area contributed by atoms with E-state index in [1.807, 2.05) is 0 Å². The van der Waals surface area contributed by atoms with Crippen LogP contribution in [0.2, 0.25) is 0 Å². The summed E-state index contributed by atoms with van der Waals surface area (Å²) in [5.74, 6) is 0. The first-order valence-electron chi connectivity index (χ1n) is 3.72. The van der Waals surface area contributed by atoms with Crippen LogP contribution in [0.25, 0.3) is 0 Å². The van der Waals surface area contributed by atoms with Crippen molar-refractivity contribution in [3.63, 3.8) is 0 Å². The number of hydrogen-bond acceptors (Lipinski definition) is 2. The summed E-state index contributed by atoms with van der Waals surface area (Å²) < 4.78 is 0. The van der Waals surface area contributed by atoms with Crippen LogP contribution in [0.15, 0.2) is 4.99 Å². The summed E-state index contributed by atoms with van der Waals surface area (Å²) >= 11 is 5.72. The van der Waals surface area contributed by atoms with Crippen LogP contribution < -0.4 is 5.32 Å². The Morgan fingerprint density at radius 1 is 1.80 bits per heavy atom. The highest BCUT2D eigenvalue weighted by Crippen LogP contribution is 2.11. The third-order valence-corrected chi connectivity index (χ3v) is 1.98. The fraction of sp³-hybridized carbons (Fsp3) is 0.857. The standard InChI is InChI=1S/C7H13ClN2/c1-3-6-4-5(2)9-7(8)10-6/h5-6H,3-4H2,1-2H3,(H,9,10). The number of nitrogens with one attached hydrogen (secondary N) is 1. The molecule has 2 atom stereocenters. The SMILES string of the molecule is CCC1CC(C)N=C(Cl)N1. The maximum atomic E-state index is 5.72. The Bertz CT molecular complexity index is 145. The Balaban J connectivity index is 2.52. The molecule has 0 aromatic heterocycles. The summed E-state index contributed by atoms with van der Waals surface area (Å²) in [5.41, 5.74) is 0. The first kappa shape index (κ1) is 7.86. The van der Waals surface area contributed by atoms with Gasteiger partial charge >= 0.3 is 0 Å². The fourth-order valence-corrected chi connectivity index (χ4v) is 1.51. The molecule has 2 unspecified atom stereocenters. The zero-order valence-corrected chi connectivity index (χ0v) is 7.15. The fourth-order valence-electron chi connectivity index (χ4n) is 1.19. The van der Waals surface area contributed by atoms with E-state index in [2.05, 4.69) is 24.2 Å². The molecule has 0 fully saturated rings. The van der Waals surface area contributed by atoms with E-state index in [0.717, 1.165) is 12.8 Å². The van der Waals surface area contributed by atoms with Crippen molar-refractivity contribution in [2.45, 2.75) is 38.8 Å². The van der Waals surface area contributed by atoms with Gasteiger partial charge in [-0.15, -0.1) is 0 Å². The number of nitrogens with zero attached hydrogens (tertiary/aromatic N) is 1. The predicted molar refractivity (Wildman–Crippen MR) is 44.6 cm³/mol. The van der Waals surface area contributed by atoms with Crippen molar-refractivity contribution >= 4 is 16.9 Å². The summed E-state index contributed by atoms with van der Waals surface area (Å²) in [6, 6.07) is 0.915. The van der Waals surface area contributed by atoms with Crippen LogP contribution >= 0.6 is 11.6 Å². The molecule has 58 valence electrons. The average Bonchev–Trinajstić information content (AvgIpc) is 1.85. The van der Waals surface area contributed by atoms with E-state index in [0.29, 0.717) is 17.4 Å². The van der Waals surface area contributed by atoms with Gasteiger partial charge in [0.2, 0.25) is 0 Å². The first-order chi connectivity index (χ1) is 4.72. The minimum atomic E-state index is 0.388. The van der Waals surface area contributed by atoms with Crippen molar-refractivity contribution in [3.8, 4) is 0 Å². The molecule has 0 radical (unpaired) electrons. The summed E-state index contributed by atoms with van der Waals surface area (Å²) in [6.07, 6.45) is 2.22. The molecule has 1 aliphatic heterocycles. The Morgan fingerprint density at radius 3 is 3.00 bits per heavy atom. The van der Waals surface area contributed by atoms with E-state index in [1.165, 1.54) is 0 Å². The highest BCUT2D eigenvalue weighted by atomic mass is 35.5. The third kappa shape index (κ3) is 1.87. The lowest BCUT2D eigenvalue weighted by molar-refractivity contribution is 0.476. The molecule has 1 heterocycles. The van der Waals surface area contributed by atoms with Crippen LogP contribution in [0.4, 0.5) is 0 Å². The van der Waals surface area contributed by atoms with Crippen molar-refractivity contribution in [2.75, 3.05) is 0 Å². The Hall–Kier alpha value is -0.240. The van der Waals surface area contributed by atoms with Gasteiger partial charge in [-0.2, -0.15) is 0 Å². The molecule has 3 heteroatoms. The second-order valence-electron chi connectivity index (χ2n) is 2.75. The maximum absolute atomic E-state index is 5.72. The van der Waals surface area contributed by atoms with Gasteiger partial charge in [0.1, 0.15) is 0 Å². The number of rotatable bonds is 1. The molecule has 0 aliphatic carbocycles. The molecule has 2 nitrogen and oxygen atoms in total. The minimum absolute atomic E-state index is 0.388. The molecule has 1 aliphatic rings. The molecule has 0 aromatic rings. The van der Waals surface area contributed by atoms with Crippen LogP contribution in [-0.4, -0.2) is 17.4 Å². The van der Waals surface area contributed by atoms with Gasteiger partial charge in [0.25, 0.3) is 0 Å². The number of halogens is 1. The van der Waals surface area contributed by atoms with E-state index >= 15 is 0 Å². The molecular formula is C7H13ClN2. The lowest BCUT2D eigenvalue weighted by Crippen LogP contribution is -2.38.